The zero-order valence-electron chi connectivity index (χ0n) is 24.4. The number of hydrogen-bond acceptors (Lipinski definition) is 2. The maximum absolute atomic E-state index is 2.62. The minimum Gasteiger partial charge on any atom is -0.332 e. The highest BCUT2D eigenvalue weighted by Gasteiger charge is 2.46. The van der Waals surface area contributed by atoms with Crippen molar-refractivity contribution in [1.29, 1.82) is 0 Å². The van der Waals surface area contributed by atoms with Gasteiger partial charge in [-0.1, -0.05) is 146 Å². The van der Waals surface area contributed by atoms with Crippen molar-refractivity contribution < 1.29 is 0 Å². The first-order chi connectivity index (χ1) is 21.8. The molecule has 5 aromatic rings. The molecule has 0 saturated heterocycles. The van der Waals surface area contributed by atoms with Crippen molar-refractivity contribution in [2.45, 2.75) is 23.9 Å². The first-order valence-corrected chi connectivity index (χ1v) is 15.6. The normalized spacial score (nSPS) is 22.1. The van der Waals surface area contributed by atoms with E-state index in [4.69, 9.17) is 0 Å². The lowest BCUT2D eigenvalue weighted by Crippen LogP contribution is -2.31. The Morgan fingerprint density at radius 2 is 0.773 bits per heavy atom. The van der Waals surface area contributed by atoms with Gasteiger partial charge in [-0.3, -0.25) is 0 Å². The van der Waals surface area contributed by atoms with Crippen LogP contribution in [0, 0.1) is 0 Å². The van der Waals surface area contributed by atoms with Gasteiger partial charge in [0.15, 0.2) is 0 Å². The summed E-state index contributed by atoms with van der Waals surface area (Å²) in [6, 6.07) is 44.9. The monoisotopic (exact) mass is 564 g/mol. The van der Waals surface area contributed by atoms with Crippen molar-refractivity contribution in [3.05, 3.63) is 181 Å². The van der Waals surface area contributed by atoms with Crippen LogP contribution in [0.25, 0.3) is 22.3 Å². The minimum absolute atomic E-state index is 0.221. The molecule has 5 aromatic carbocycles. The molecule has 0 bridgehead atoms. The zero-order valence-corrected chi connectivity index (χ0v) is 24.4. The molecule has 0 amide bonds. The molecule has 4 aliphatic rings. The summed E-state index contributed by atoms with van der Waals surface area (Å²) in [5.74, 6) is 0.596. The Kier molecular flexibility index (Phi) is 5.80. The Bertz CT molecular complexity index is 1850. The topological polar surface area (TPSA) is 6.48 Å². The highest BCUT2D eigenvalue weighted by atomic mass is 15.3. The van der Waals surface area contributed by atoms with Gasteiger partial charge in [-0.05, 0) is 57.6 Å². The summed E-state index contributed by atoms with van der Waals surface area (Å²) in [6.45, 7) is 0. The van der Waals surface area contributed by atoms with Crippen LogP contribution < -0.4 is 9.80 Å². The molecular weight excluding hydrogens is 532 g/mol. The Balaban J connectivity index is 1.26. The van der Waals surface area contributed by atoms with Gasteiger partial charge < -0.3 is 9.80 Å². The standard InChI is InChI=1S/C42H32N2/c1-3-13-29(14-4-1)31-17-11-19-33(27-31)43-39-23-9-7-21-35(39)37-25-26-38-36-22-8-10-24-40(36)44(42(38)41(37)43)34-20-12-18-32(28-34)30-15-5-2-6-16-30/h1-28,35-36,39-40H. The van der Waals surface area contributed by atoms with Crippen molar-refractivity contribution in [2.75, 3.05) is 9.80 Å². The molecule has 2 heteroatoms. The van der Waals surface area contributed by atoms with Crippen LogP contribution in [0.15, 0.2) is 170 Å². The lowest BCUT2D eigenvalue weighted by molar-refractivity contribution is 0.737. The molecule has 44 heavy (non-hydrogen) atoms. The molecule has 4 unspecified atom stereocenters. The summed E-state index contributed by atoms with van der Waals surface area (Å²) in [5, 5.41) is 0. The predicted octanol–water partition coefficient (Wildman–Crippen LogP) is 10.5. The molecule has 0 fully saturated rings. The van der Waals surface area contributed by atoms with Gasteiger partial charge in [0.05, 0.1) is 23.5 Å². The smallest absolute Gasteiger partial charge is 0.0700 e. The van der Waals surface area contributed by atoms with E-state index in [9.17, 15) is 0 Å². The average molecular weight is 565 g/mol. The molecule has 2 heterocycles. The molecule has 0 saturated carbocycles. The maximum Gasteiger partial charge on any atom is 0.0700 e. The molecule has 9 rings (SSSR count). The summed E-state index contributed by atoms with van der Waals surface area (Å²) in [5.41, 5.74) is 12.9. The van der Waals surface area contributed by atoms with Crippen LogP contribution in [0.4, 0.5) is 22.7 Å². The number of fused-ring (bicyclic) bond motifs is 7. The van der Waals surface area contributed by atoms with Gasteiger partial charge in [0.1, 0.15) is 0 Å². The molecule has 4 atom stereocenters. The van der Waals surface area contributed by atoms with E-state index in [0.29, 0.717) is 11.8 Å². The third-order valence-electron chi connectivity index (χ3n) is 9.68. The van der Waals surface area contributed by atoms with Crippen LogP contribution in [0.5, 0.6) is 0 Å². The van der Waals surface area contributed by atoms with Crippen LogP contribution in [0.1, 0.15) is 23.0 Å². The molecule has 0 aromatic heterocycles. The molecule has 0 N–H and O–H groups in total. The summed E-state index contributed by atoms with van der Waals surface area (Å²) < 4.78 is 0. The SMILES string of the molecule is C1=CC2c3ccc4c(c3N(c3cccc(-c5ccccc5)c3)C2C=C1)N(c1cccc(-c2ccccc2)c1)C1C=CC=CC41. The van der Waals surface area contributed by atoms with Crippen molar-refractivity contribution in [1.82, 2.24) is 0 Å². The van der Waals surface area contributed by atoms with E-state index in [0.717, 1.165) is 0 Å². The summed E-state index contributed by atoms with van der Waals surface area (Å²) in [6.07, 6.45) is 18.4. The van der Waals surface area contributed by atoms with Gasteiger partial charge in [0.2, 0.25) is 0 Å². The van der Waals surface area contributed by atoms with E-state index in [1.54, 1.807) is 0 Å². The zero-order chi connectivity index (χ0) is 29.0. The van der Waals surface area contributed by atoms with Gasteiger partial charge in [0.25, 0.3) is 0 Å². The third-order valence-corrected chi connectivity index (χ3v) is 9.68. The Morgan fingerprint density at radius 1 is 0.364 bits per heavy atom. The Labute approximate surface area is 259 Å². The first kappa shape index (κ1) is 25.2. The van der Waals surface area contributed by atoms with Gasteiger partial charge in [0, 0.05) is 23.2 Å². The van der Waals surface area contributed by atoms with Gasteiger partial charge in [-0.25, -0.2) is 0 Å². The second kappa shape index (κ2) is 10.1. The molecule has 210 valence electrons. The van der Waals surface area contributed by atoms with Gasteiger partial charge in [-0.2, -0.15) is 0 Å². The number of allylic oxidation sites excluding steroid dienone is 4. The minimum atomic E-state index is 0.221. The molecule has 2 nitrogen and oxygen atoms in total. The Morgan fingerprint density at radius 3 is 1.23 bits per heavy atom. The van der Waals surface area contributed by atoms with Crippen LogP contribution in [0.3, 0.4) is 0 Å². The van der Waals surface area contributed by atoms with E-state index in [1.165, 1.54) is 56.1 Å². The largest absolute Gasteiger partial charge is 0.332 e. The van der Waals surface area contributed by atoms with Crippen molar-refractivity contribution in [3.8, 4) is 22.3 Å². The fourth-order valence-electron chi connectivity index (χ4n) is 7.75. The second-order valence-electron chi connectivity index (χ2n) is 12.1. The van der Waals surface area contributed by atoms with Gasteiger partial charge in [-0.15, -0.1) is 0 Å². The van der Waals surface area contributed by atoms with Crippen molar-refractivity contribution in [2.24, 2.45) is 0 Å². The van der Waals surface area contributed by atoms with E-state index >= 15 is 0 Å². The second-order valence-corrected chi connectivity index (χ2v) is 12.1. The van der Waals surface area contributed by atoms with Gasteiger partial charge >= 0.3 is 0 Å². The first-order valence-electron chi connectivity index (χ1n) is 15.6. The van der Waals surface area contributed by atoms with E-state index in [1.807, 2.05) is 0 Å². The lowest BCUT2D eigenvalue weighted by Gasteiger charge is -2.34. The fraction of sp³-hybridized carbons (Fsp3) is 0.0952. The average Bonchev–Trinajstić information content (AvgIpc) is 3.62. The van der Waals surface area contributed by atoms with Crippen LogP contribution in [0.2, 0.25) is 0 Å². The molecule has 0 radical (unpaired) electrons. The molecule has 0 spiro atoms. The summed E-state index contributed by atoms with van der Waals surface area (Å²) in [7, 11) is 0. The maximum atomic E-state index is 2.62. The highest BCUT2D eigenvalue weighted by Crippen LogP contribution is 2.59. The Hall–Kier alpha value is -5.34. The van der Waals surface area contributed by atoms with Crippen molar-refractivity contribution >= 4 is 22.7 Å². The van der Waals surface area contributed by atoms with Crippen molar-refractivity contribution in [3.63, 3.8) is 0 Å². The number of benzene rings is 5. The van der Waals surface area contributed by atoms with E-state index < -0.39 is 0 Å². The highest BCUT2D eigenvalue weighted by molar-refractivity contribution is 5.94. The third kappa shape index (κ3) is 3.88. The lowest BCUT2D eigenvalue weighted by atomic mass is 9.88. The number of rotatable bonds is 4. The van der Waals surface area contributed by atoms with E-state index in [-0.39, 0.29) is 12.1 Å². The van der Waals surface area contributed by atoms with Crippen LogP contribution in [-0.2, 0) is 0 Å². The number of nitrogens with zero attached hydrogens (tertiary/aromatic N) is 2. The summed E-state index contributed by atoms with van der Waals surface area (Å²) in [4.78, 5) is 5.23. The molecule has 2 aliphatic heterocycles. The quantitative estimate of drug-likeness (QED) is 0.214. The molecule has 2 aliphatic carbocycles. The summed E-state index contributed by atoms with van der Waals surface area (Å²) >= 11 is 0. The molecular formula is C42H32N2. The van der Waals surface area contributed by atoms with Crippen LogP contribution >= 0.6 is 0 Å². The van der Waals surface area contributed by atoms with Crippen LogP contribution in [-0.4, -0.2) is 12.1 Å². The fourth-order valence-corrected chi connectivity index (χ4v) is 7.75. The van der Waals surface area contributed by atoms with E-state index in [2.05, 4.69) is 180 Å². The number of hydrogen-bond donors (Lipinski definition) is 0. The number of anilines is 4. The predicted molar refractivity (Wildman–Crippen MR) is 184 cm³/mol.